The molecule has 21 heavy (non-hydrogen) atoms. The maximum Gasteiger partial charge on any atom is 1.00 e. The van der Waals surface area contributed by atoms with E-state index in [1.54, 1.807) is 18.2 Å². The van der Waals surface area contributed by atoms with Crippen LogP contribution in [-0.2, 0) is 16.5 Å². The van der Waals surface area contributed by atoms with Gasteiger partial charge in [0.05, 0.1) is 4.90 Å². The Kier molecular flexibility index (Phi) is 7.37. The van der Waals surface area contributed by atoms with Crippen LogP contribution in [0.15, 0.2) is 41.3 Å². The van der Waals surface area contributed by atoms with E-state index in [0.717, 1.165) is 36.8 Å². The van der Waals surface area contributed by atoms with E-state index >= 15 is 0 Å². The van der Waals surface area contributed by atoms with Crippen molar-refractivity contribution in [3.05, 3.63) is 42.0 Å². The van der Waals surface area contributed by atoms with Gasteiger partial charge in [-0.1, -0.05) is 56.5 Å². The van der Waals surface area contributed by atoms with Crippen LogP contribution < -0.4 is 29.6 Å². The van der Waals surface area contributed by atoms with E-state index in [1.807, 2.05) is 18.2 Å². The van der Waals surface area contributed by atoms with Crippen molar-refractivity contribution in [2.24, 2.45) is 0 Å². The molecule has 0 bridgehead atoms. The van der Waals surface area contributed by atoms with Crippen LogP contribution in [-0.4, -0.2) is 13.0 Å². The predicted octanol–water partition coefficient (Wildman–Crippen LogP) is 0.822. The Morgan fingerprint density at radius 2 is 1.67 bits per heavy atom. The quantitative estimate of drug-likeness (QED) is 0.451. The van der Waals surface area contributed by atoms with Gasteiger partial charge in [-0.05, 0) is 35.6 Å². The second-order valence-corrected chi connectivity index (χ2v) is 6.38. The molecule has 0 saturated carbocycles. The molecule has 0 atom stereocenters. The van der Waals surface area contributed by atoms with Gasteiger partial charge in [-0.2, -0.15) is 0 Å². The first-order chi connectivity index (χ1) is 9.54. The maximum atomic E-state index is 11.4. The number of hydrogen-bond donors (Lipinski definition) is 0. The molecule has 3 nitrogen and oxygen atoms in total. The van der Waals surface area contributed by atoms with E-state index in [2.05, 4.69) is 6.92 Å². The standard InChI is InChI=1S/C16H20O3S.Na/c1-2-3-4-6-9-13-12-16(20(17,18)19)15-11-8-5-7-10-14(13)15;/h5,7-8,10-12H,2-4,6,9H2,1H3,(H,17,18,19);/q;+1/p-1. The summed E-state index contributed by atoms with van der Waals surface area (Å²) in [6, 6.07) is 10.6. The van der Waals surface area contributed by atoms with Crippen LogP contribution in [0.4, 0.5) is 0 Å². The molecular formula is C16H19NaO3S. The SMILES string of the molecule is CCCCCCc1cc(S(=O)(=O)[O-])c2cccccc1-2.[Na+]. The van der Waals surface area contributed by atoms with E-state index in [1.165, 1.54) is 6.42 Å². The Labute approximate surface area is 149 Å². The fourth-order valence-corrected chi connectivity index (χ4v) is 3.25. The Hall–Kier alpha value is -0.390. The van der Waals surface area contributed by atoms with Crippen LogP contribution in [0, 0.1) is 0 Å². The van der Waals surface area contributed by atoms with Crippen molar-refractivity contribution in [2.75, 3.05) is 0 Å². The number of hydrogen-bond acceptors (Lipinski definition) is 3. The third-order valence-electron chi connectivity index (χ3n) is 3.52. The monoisotopic (exact) mass is 314 g/mol. The number of unbranched alkanes of at least 4 members (excludes halogenated alkanes) is 3. The molecule has 0 aromatic rings. The summed E-state index contributed by atoms with van der Waals surface area (Å²) >= 11 is 0. The zero-order valence-corrected chi connectivity index (χ0v) is 15.4. The molecule has 0 unspecified atom stereocenters. The van der Waals surface area contributed by atoms with Crippen molar-refractivity contribution in [3.8, 4) is 11.1 Å². The summed E-state index contributed by atoms with van der Waals surface area (Å²) in [6.45, 7) is 2.15. The van der Waals surface area contributed by atoms with Crippen molar-refractivity contribution in [1.82, 2.24) is 0 Å². The molecule has 0 N–H and O–H groups in total. The molecule has 0 spiro atoms. The molecule has 108 valence electrons. The first-order valence-electron chi connectivity index (χ1n) is 7.00. The topological polar surface area (TPSA) is 57.2 Å². The predicted molar refractivity (Wildman–Crippen MR) is 78.9 cm³/mol. The molecular weight excluding hydrogens is 295 g/mol. The fraction of sp³-hybridized carbons (Fsp3) is 0.375. The van der Waals surface area contributed by atoms with E-state index in [4.69, 9.17) is 0 Å². The smallest absolute Gasteiger partial charge is 0.744 e. The van der Waals surface area contributed by atoms with Crippen LogP contribution in [0.25, 0.3) is 11.1 Å². The van der Waals surface area contributed by atoms with Crippen LogP contribution >= 0.6 is 0 Å². The zero-order chi connectivity index (χ0) is 14.6. The molecule has 0 aromatic carbocycles. The Bertz CT molecular complexity index is 653. The molecule has 0 amide bonds. The van der Waals surface area contributed by atoms with Gasteiger partial charge >= 0.3 is 29.6 Å². The van der Waals surface area contributed by atoms with Gasteiger partial charge in [-0.15, -0.1) is 0 Å². The van der Waals surface area contributed by atoms with Crippen LogP contribution in [0.2, 0.25) is 0 Å². The molecule has 0 saturated heterocycles. The molecule has 0 aliphatic heterocycles. The van der Waals surface area contributed by atoms with Crippen LogP contribution in [0.5, 0.6) is 0 Å². The Morgan fingerprint density at radius 1 is 1.00 bits per heavy atom. The summed E-state index contributed by atoms with van der Waals surface area (Å²) in [6.07, 6.45) is 5.30. The summed E-state index contributed by atoms with van der Waals surface area (Å²) in [4.78, 5) is -0.0887. The largest absolute Gasteiger partial charge is 1.00 e. The first kappa shape index (κ1) is 18.7. The average Bonchev–Trinajstić information content (AvgIpc) is 2.58. The Balaban J connectivity index is 0.00000220. The first-order valence-corrected chi connectivity index (χ1v) is 8.41. The van der Waals surface area contributed by atoms with E-state index < -0.39 is 10.1 Å². The van der Waals surface area contributed by atoms with Crippen molar-refractivity contribution in [3.63, 3.8) is 0 Å². The normalized spacial score (nSPS) is 11.3. The summed E-state index contributed by atoms with van der Waals surface area (Å²) in [5.74, 6) is 0. The van der Waals surface area contributed by atoms with Gasteiger partial charge in [-0.25, -0.2) is 8.42 Å². The van der Waals surface area contributed by atoms with Gasteiger partial charge in [0.25, 0.3) is 0 Å². The third-order valence-corrected chi connectivity index (χ3v) is 4.40. The van der Waals surface area contributed by atoms with E-state index in [-0.39, 0.29) is 34.5 Å². The molecule has 0 heterocycles. The fourth-order valence-electron chi connectivity index (χ4n) is 2.51. The molecule has 2 rings (SSSR count). The summed E-state index contributed by atoms with van der Waals surface area (Å²) in [7, 11) is -4.42. The average molecular weight is 314 g/mol. The van der Waals surface area contributed by atoms with Crippen LogP contribution in [0.3, 0.4) is 0 Å². The second kappa shape index (κ2) is 8.30. The minimum atomic E-state index is -4.42. The molecule has 5 heteroatoms. The van der Waals surface area contributed by atoms with E-state index in [9.17, 15) is 13.0 Å². The van der Waals surface area contributed by atoms with Gasteiger partial charge < -0.3 is 4.55 Å². The van der Waals surface area contributed by atoms with Gasteiger partial charge in [-0.3, -0.25) is 0 Å². The van der Waals surface area contributed by atoms with Gasteiger partial charge in [0.2, 0.25) is 0 Å². The third kappa shape index (κ3) is 4.80. The van der Waals surface area contributed by atoms with Crippen molar-refractivity contribution in [2.45, 2.75) is 43.9 Å². The van der Waals surface area contributed by atoms with E-state index in [0.29, 0.717) is 5.56 Å². The van der Waals surface area contributed by atoms with Gasteiger partial charge in [0.15, 0.2) is 0 Å². The van der Waals surface area contributed by atoms with Crippen LogP contribution in [0.1, 0.15) is 38.2 Å². The summed E-state index contributed by atoms with van der Waals surface area (Å²) < 4.78 is 34.1. The maximum absolute atomic E-state index is 11.4. The number of aryl methyl sites for hydroxylation is 1. The second-order valence-electron chi connectivity index (χ2n) is 5.04. The summed E-state index contributed by atoms with van der Waals surface area (Å²) in [5.41, 5.74) is 2.37. The van der Waals surface area contributed by atoms with Gasteiger partial charge in [0, 0.05) is 0 Å². The summed E-state index contributed by atoms with van der Waals surface area (Å²) in [5, 5.41) is 0. The number of rotatable bonds is 6. The number of fused-ring (bicyclic) bond motifs is 1. The van der Waals surface area contributed by atoms with Crippen molar-refractivity contribution < 1.29 is 42.5 Å². The van der Waals surface area contributed by atoms with Crippen molar-refractivity contribution >= 4 is 10.1 Å². The van der Waals surface area contributed by atoms with Gasteiger partial charge in [0.1, 0.15) is 10.1 Å². The molecule has 2 aliphatic rings. The Morgan fingerprint density at radius 3 is 2.29 bits per heavy atom. The van der Waals surface area contributed by atoms with Crippen molar-refractivity contribution in [1.29, 1.82) is 0 Å². The zero-order valence-electron chi connectivity index (χ0n) is 12.6. The molecule has 0 fully saturated rings. The minimum absolute atomic E-state index is 0. The molecule has 0 aromatic heterocycles. The molecule has 0 radical (unpaired) electrons. The minimum Gasteiger partial charge on any atom is -0.744 e. The molecule has 2 aliphatic carbocycles.